The number of amides is 2. The Morgan fingerprint density at radius 2 is 2.00 bits per heavy atom. The van der Waals surface area contributed by atoms with Crippen molar-refractivity contribution in [1.82, 2.24) is 14.9 Å². The number of hydrogen-bond acceptors (Lipinski definition) is 3. The molecule has 1 N–H and O–H groups in total. The molecule has 2 aliphatic heterocycles. The normalized spacial score (nSPS) is 21.1. The molecule has 2 bridgehead atoms. The van der Waals surface area contributed by atoms with E-state index in [9.17, 15) is 18.0 Å². The van der Waals surface area contributed by atoms with Crippen LogP contribution >= 0.6 is 23.2 Å². The number of urea groups is 1. The first-order chi connectivity index (χ1) is 12.7. The molecule has 0 unspecified atom stereocenters. The minimum atomic E-state index is -4.59. The number of anilines is 1. The minimum Gasteiger partial charge on any atom is -0.314 e. The van der Waals surface area contributed by atoms with E-state index >= 15 is 0 Å². The Morgan fingerprint density at radius 1 is 1.22 bits per heavy atom. The van der Waals surface area contributed by atoms with Crippen LogP contribution in [0.2, 0.25) is 10.0 Å². The standard InChI is InChI=1S/C17H13Cl2F3N4O/c18-11-3-1-8(5-12(11)19)24-16(27)26-9-2-4-14(26)10-7-23-15(17(20,21)22)25-13(10)6-9/h1,3,5,7,9,14H,2,4,6H2,(H,24,27)/t9-,14+/m1/s1. The molecule has 10 heteroatoms. The molecular weight excluding hydrogens is 404 g/mol. The molecular formula is C17H13Cl2F3N4O. The van der Waals surface area contributed by atoms with Gasteiger partial charge in [0.2, 0.25) is 5.82 Å². The molecule has 0 radical (unpaired) electrons. The lowest BCUT2D eigenvalue weighted by Gasteiger charge is -2.35. The third kappa shape index (κ3) is 3.32. The summed E-state index contributed by atoms with van der Waals surface area (Å²) in [6.45, 7) is 0. The first kappa shape index (κ1) is 18.3. The van der Waals surface area contributed by atoms with Crippen LogP contribution < -0.4 is 5.32 Å². The third-order valence-electron chi connectivity index (χ3n) is 4.85. The van der Waals surface area contributed by atoms with Crippen molar-refractivity contribution >= 4 is 34.9 Å². The van der Waals surface area contributed by atoms with E-state index < -0.39 is 12.0 Å². The molecule has 142 valence electrons. The second-order valence-electron chi connectivity index (χ2n) is 6.51. The Morgan fingerprint density at radius 3 is 2.70 bits per heavy atom. The number of fused-ring (bicyclic) bond motifs is 4. The van der Waals surface area contributed by atoms with E-state index in [4.69, 9.17) is 23.2 Å². The summed E-state index contributed by atoms with van der Waals surface area (Å²) in [4.78, 5) is 21.6. The Balaban J connectivity index is 1.59. The number of alkyl halides is 3. The highest BCUT2D eigenvalue weighted by Gasteiger charge is 2.45. The summed E-state index contributed by atoms with van der Waals surface area (Å²) in [7, 11) is 0. The van der Waals surface area contributed by atoms with Gasteiger partial charge in [0.05, 0.1) is 21.8 Å². The molecule has 4 rings (SSSR count). The summed E-state index contributed by atoms with van der Waals surface area (Å²) in [6, 6.07) is 3.85. The van der Waals surface area contributed by atoms with Gasteiger partial charge in [-0.1, -0.05) is 23.2 Å². The zero-order chi connectivity index (χ0) is 19.3. The molecule has 2 aliphatic rings. The molecule has 1 aromatic heterocycles. The van der Waals surface area contributed by atoms with E-state index in [-0.39, 0.29) is 24.5 Å². The van der Waals surface area contributed by atoms with Gasteiger partial charge in [-0.15, -0.1) is 0 Å². The smallest absolute Gasteiger partial charge is 0.314 e. The van der Waals surface area contributed by atoms with Gasteiger partial charge in [-0.25, -0.2) is 14.8 Å². The summed E-state index contributed by atoms with van der Waals surface area (Å²) < 4.78 is 38.6. The molecule has 5 nitrogen and oxygen atoms in total. The van der Waals surface area contributed by atoms with E-state index in [1.807, 2.05) is 0 Å². The van der Waals surface area contributed by atoms with Crippen LogP contribution in [-0.2, 0) is 12.6 Å². The second kappa shape index (κ2) is 6.53. The van der Waals surface area contributed by atoms with Gasteiger partial charge in [-0.3, -0.25) is 0 Å². The number of rotatable bonds is 1. The third-order valence-corrected chi connectivity index (χ3v) is 5.59. The summed E-state index contributed by atoms with van der Waals surface area (Å²) in [5.74, 6) is -1.14. The van der Waals surface area contributed by atoms with Gasteiger partial charge < -0.3 is 10.2 Å². The van der Waals surface area contributed by atoms with Crippen LogP contribution in [-0.4, -0.2) is 26.9 Å². The summed E-state index contributed by atoms with van der Waals surface area (Å²) in [5, 5.41) is 3.46. The lowest BCUT2D eigenvalue weighted by atomic mass is 9.99. The number of halogens is 5. The van der Waals surface area contributed by atoms with Gasteiger partial charge in [-0.2, -0.15) is 13.2 Å². The Hall–Kier alpha value is -2.06. The highest BCUT2D eigenvalue weighted by atomic mass is 35.5. The Kier molecular flexibility index (Phi) is 4.43. The van der Waals surface area contributed by atoms with Crippen molar-refractivity contribution in [1.29, 1.82) is 0 Å². The average molecular weight is 417 g/mol. The molecule has 27 heavy (non-hydrogen) atoms. The molecule has 2 amide bonds. The van der Waals surface area contributed by atoms with Crippen molar-refractivity contribution in [3.05, 3.63) is 51.5 Å². The molecule has 2 aromatic rings. The van der Waals surface area contributed by atoms with Crippen LogP contribution in [0.3, 0.4) is 0 Å². The number of hydrogen-bond donors (Lipinski definition) is 1. The molecule has 0 saturated carbocycles. The first-order valence-electron chi connectivity index (χ1n) is 8.21. The predicted octanol–water partition coefficient (Wildman–Crippen LogP) is 5.10. The summed E-state index contributed by atoms with van der Waals surface area (Å²) >= 11 is 11.8. The number of nitrogens with one attached hydrogen (secondary N) is 1. The highest BCUT2D eigenvalue weighted by Crippen LogP contribution is 2.43. The molecule has 1 fully saturated rings. The van der Waals surface area contributed by atoms with Gasteiger partial charge in [0.1, 0.15) is 0 Å². The summed E-state index contributed by atoms with van der Waals surface area (Å²) in [6.07, 6.45) is -1.78. The Bertz CT molecular complexity index is 922. The van der Waals surface area contributed by atoms with Gasteiger partial charge in [0, 0.05) is 29.9 Å². The fourth-order valence-electron chi connectivity index (χ4n) is 3.69. The monoisotopic (exact) mass is 416 g/mol. The van der Waals surface area contributed by atoms with Crippen LogP contribution in [0.25, 0.3) is 0 Å². The fraction of sp³-hybridized carbons (Fsp3) is 0.353. The van der Waals surface area contributed by atoms with E-state index in [1.54, 1.807) is 23.1 Å². The maximum atomic E-state index is 12.9. The van der Waals surface area contributed by atoms with E-state index in [0.717, 1.165) is 0 Å². The maximum absolute atomic E-state index is 12.9. The van der Waals surface area contributed by atoms with Crippen LogP contribution in [0.15, 0.2) is 24.4 Å². The number of aromatic nitrogens is 2. The van der Waals surface area contributed by atoms with E-state index in [1.165, 1.54) is 6.20 Å². The lowest BCUT2D eigenvalue weighted by Crippen LogP contribution is -2.44. The zero-order valence-corrected chi connectivity index (χ0v) is 15.2. The van der Waals surface area contributed by atoms with Crippen molar-refractivity contribution in [2.75, 3.05) is 5.32 Å². The largest absolute Gasteiger partial charge is 0.451 e. The molecule has 3 heterocycles. The number of carbonyl (C=O) groups excluding carboxylic acids is 1. The van der Waals surface area contributed by atoms with Crippen molar-refractivity contribution in [2.24, 2.45) is 0 Å². The van der Waals surface area contributed by atoms with Crippen LogP contribution in [0.1, 0.15) is 36.0 Å². The molecule has 0 aliphatic carbocycles. The van der Waals surface area contributed by atoms with Crippen molar-refractivity contribution < 1.29 is 18.0 Å². The molecule has 1 saturated heterocycles. The van der Waals surface area contributed by atoms with Crippen molar-refractivity contribution in [3.8, 4) is 0 Å². The van der Waals surface area contributed by atoms with Gasteiger partial charge in [0.25, 0.3) is 0 Å². The van der Waals surface area contributed by atoms with Crippen molar-refractivity contribution in [3.63, 3.8) is 0 Å². The van der Waals surface area contributed by atoms with Gasteiger partial charge >= 0.3 is 12.2 Å². The number of carbonyl (C=O) groups is 1. The summed E-state index contributed by atoms with van der Waals surface area (Å²) in [5.41, 5.74) is 1.42. The van der Waals surface area contributed by atoms with Gasteiger partial charge in [0.15, 0.2) is 0 Å². The second-order valence-corrected chi connectivity index (χ2v) is 7.33. The SMILES string of the molecule is O=C(Nc1ccc(Cl)c(Cl)c1)N1[C@@H]2CC[C@H]1c1cnc(C(F)(F)F)nc1C2. The van der Waals surface area contributed by atoms with E-state index in [2.05, 4.69) is 15.3 Å². The molecule has 0 spiro atoms. The van der Waals surface area contributed by atoms with Gasteiger partial charge in [-0.05, 0) is 31.0 Å². The topological polar surface area (TPSA) is 58.1 Å². The van der Waals surface area contributed by atoms with Crippen LogP contribution in [0.4, 0.5) is 23.7 Å². The molecule has 1 aromatic carbocycles. The van der Waals surface area contributed by atoms with Crippen LogP contribution in [0.5, 0.6) is 0 Å². The fourth-order valence-corrected chi connectivity index (χ4v) is 3.98. The zero-order valence-electron chi connectivity index (χ0n) is 13.7. The Labute approximate surface area is 162 Å². The van der Waals surface area contributed by atoms with E-state index in [0.29, 0.717) is 39.8 Å². The van der Waals surface area contributed by atoms with Crippen LogP contribution in [0, 0.1) is 0 Å². The predicted molar refractivity (Wildman–Crippen MR) is 93.8 cm³/mol. The van der Waals surface area contributed by atoms with Crippen molar-refractivity contribution in [2.45, 2.75) is 37.5 Å². The average Bonchev–Trinajstić information content (AvgIpc) is 2.92. The number of nitrogens with zero attached hydrogens (tertiary/aromatic N) is 3. The minimum absolute atomic E-state index is 0.207. The molecule has 2 atom stereocenters. The maximum Gasteiger partial charge on any atom is 0.451 e. The first-order valence-corrected chi connectivity index (χ1v) is 8.97. The quantitative estimate of drug-likeness (QED) is 0.703. The number of benzene rings is 1. The lowest BCUT2D eigenvalue weighted by molar-refractivity contribution is -0.145. The highest BCUT2D eigenvalue weighted by molar-refractivity contribution is 6.42.